The molecule has 2 rings (SSSR count). The molecule has 0 radical (unpaired) electrons. The maximum atomic E-state index is 11.6. The van der Waals surface area contributed by atoms with Crippen LogP contribution in [0.1, 0.15) is 58.6 Å². The molecule has 4 heteroatoms. The lowest BCUT2D eigenvalue weighted by Crippen LogP contribution is -2.32. The summed E-state index contributed by atoms with van der Waals surface area (Å²) in [5.74, 6) is 0. The Morgan fingerprint density at radius 3 is 2.17 bits per heavy atom. The zero-order valence-corrected chi connectivity index (χ0v) is 15.0. The minimum atomic E-state index is -0.464. The molecule has 4 nitrogen and oxygen atoms in total. The fourth-order valence-electron chi connectivity index (χ4n) is 2.41. The van der Waals surface area contributed by atoms with Gasteiger partial charge in [0.2, 0.25) is 0 Å². The first kappa shape index (κ1) is 17.8. The molecule has 0 aromatic heterocycles. The Morgan fingerprint density at radius 1 is 1.17 bits per heavy atom. The molecule has 0 heterocycles. The van der Waals surface area contributed by atoms with Crippen molar-refractivity contribution in [2.75, 3.05) is 0 Å². The van der Waals surface area contributed by atoms with Crippen LogP contribution in [0.25, 0.3) is 0 Å². The summed E-state index contributed by atoms with van der Waals surface area (Å²) in [7, 11) is 0. The minimum absolute atomic E-state index is 0.380. The van der Waals surface area contributed by atoms with Gasteiger partial charge in [0, 0.05) is 19.1 Å². The molecular weight excluding hydrogens is 288 g/mol. The van der Waals surface area contributed by atoms with Crippen molar-refractivity contribution in [1.29, 1.82) is 0 Å². The van der Waals surface area contributed by atoms with Crippen LogP contribution in [-0.4, -0.2) is 17.7 Å². The van der Waals surface area contributed by atoms with Gasteiger partial charge in [0.1, 0.15) is 5.60 Å². The Labute approximate surface area is 140 Å². The second-order valence-electron chi connectivity index (χ2n) is 7.93. The van der Waals surface area contributed by atoms with Crippen molar-refractivity contribution >= 4 is 6.09 Å². The number of rotatable bonds is 6. The van der Waals surface area contributed by atoms with Crippen molar-refractivity contribution in [3.63, 3.8) is 0 Å². The SMILES string of the molecule is CC(NCc1ccc(CNC(=O)OC(C)(C)C)cc1)C1(C)CC1. The van der Waals surface area contributed by atoms with E-state index in [9.17, 15) is 4.79 Å². The molecule has 1 aliphatic rings. The van der Waals surface area contributed by atoms with E-state index in [0.29, 0.717) is 18.0 Å². The topological polar surface area (TPSA) is 50.4 Å². The van der Waals surface area contributed by atoms with E-state index in [2.05, 4.69) is 48.7 Å². The van der Waals surface area contributed by atoms with Crippen LogP contribution in [0.4, 0.5) is 4.79 Å². The van der Waals surface area contributed by atoms with Gasteiger partial charge in [-0.25, -0.2) is 4.79 Å². The molecule has 1 saturated carbocycles. The first-order chi connectivity index (χ1) is 10.7. The molecule has 1 amide bonds. The Morgan fingerprint density at radius 2 is 1.70 bits per heavy atom. The van der Waals surface area contributed by atoms with Crippen molar-refractivity contribution in [1.82, 2.24) is 10.6 Å². The van der Waals surface area contributed by atoms with Crippen molar-refractivity contribution < 1.29 is 9.53 Å². The molecule has 1 aliphatic carbocycles. The normalized spacial score (nSPS) is 17.4. The highest BCUT2D eigenvalue weighted by atomic mass is 16.6. The second kappa shape index (κ2) is 6.91. The van der Waals surface area contributed by atoms with Gasteiger partial charge in [-0.15, -0.1) is 0 Å². The van der Waals surface area contributed by atoms with Crippen LogP contribution < -0.4 is 10.6 Å². The maximum Gasteiger partial charge on any atom is 0.407 e. The zero-order chi connectivity index (χ0) is 17.1. The van der Waals surface area contributed by atoms with E-state index >= 15 is 0 Å². The van der Waals surface area contributed by atoms with Crippen LogP contribution >= 0.6 is 0 Å². The molecule has 0 aliphatic heterocycles. The fraction of sp³-hybridized carbons (Fsp3) is 0.632. The maximum absolute atomic E-state index is 11.6. The molecule has 1 atom stereocenters. The van der Waals surface area contributed by atoms with Gasteiger partial charge in [-0.05, 0) is 57.1 Å². The predicted octanol–water partition coefficient (Wildman–Crippen LogP) is 3.99. The molecule has 1 aromatic rings. The molecule has 1 unspecified atom stereocenters. The number of alkyl carbamates (subject to hydrolysis) is 1. The van der Waals surface area contributed by atoms with Crippen molar-refractivity contribution in [2.24, 2.45) is 5.41 Å². The van der Waals surface area contributed by atoms with Gasteiger partial charge in [0.05, 0.1) is 0 Å². The summed E-state index contributed by atoms with van der Waals surface area (Å²) in [6, 6.07) is 8.88. The van der Waals surface area contributed by atoms with E-state index in [1.165, 1.54) is 18.4 Å². The highest BCUT2D eigenvalue weighted by Gasteiger charge is 2.42. The van der Waals surface area contributed by atoms with Gasteiger partial charge in [-0.3, -0.25) is 0 Å². The lowest BCUT2D eigenvalue weighted by molar-refractivity contribution is 0.0523. The molecule has 128 valence electrons. The lowest BCUT2D eigenvalue weighted by Gasteiger charge is -2.20. The van der Waals surface area contributed by atoms with E-state index in [0.717, 1.165) is 12.1 Å². The number of carbonyl (C=O) groups is 1. The summed E-state index contributed by atoms with van der Waals surface area (Å²) < 4.78 is 5.23. The van der Waals surface area contributed by atoms with Crippen LogP contribution in [-0.2, 0) is 17.8 Å². The summed E-state index contributed by atoms with van der Waals surface area (Å²) in [5, 5.41) is 6.38. The minimum Gasteiger partial charge on any atom is -0.444 e. The molecule has 0 spiro atoms. The van der Waals surface area contributed by atoms with E-state index < -0.39 is 5.60 Å². The second-order valence-corrected chi connectivity index (χ2v) is 7.93. The highest BCUT2D eigenvalue weighted by Crippen LogP contribution is 2.47. The third-order valence-electron chi connectivity index (χ3n) is 4.56. The summed E-state index contributed by atoms with van der Waals surface area (Å²) in [5.41, 5.74) is 2.37. The molecule has 23 heavy (non-hydrogen) atoms. The van der Waals surface area contributed by atoms with Gasteiger partial charge in [0.25, 0.3) is 0 Å². The van der Waals surface area contributed by atoms with E-state index in [1.54, 1.807) is 0 Å². The summed E-state index contributed by atoms with van der Waals surface area (Å²) in [6.45, 7) is 11.6. The van der Waals surface area contributed by atoms with E-state index in [-0.39, 0.29) is 6.09 Å². The van der Waals surface area contributed by atoms with Crippen LogP contribution in [0.15, 0.2) is 24.3 Å². The number of nitrogens with one attached hydrogen (secondary N) is 2. The quantitative estimate of drug-likeness (QED) is 0.834. The first-order valence-corrected chi connectivity index (χ1v) is 8.46. The Hall–Kier alpha value is -1.55. The third kappa shape index (κ3) is 5.87. The molecule has 0 bridgehead atoms. The zero-order valence-electron chi connectivity index (χ0n) is 15.0. The number of carbonyl (C=O) groups excluding carboxylic acids is 1. The summed E-state index contributed by atoms with van der Waals surface area (Å²) in [6.07, 6.45) is 2.28. The number of hydrogen-bond acceptors (Lipinski definition) is 3. The van der Waals surface area contributed by atoms with Crippen molar-refractivity contribution in [3.05, 3.63) is 35.4 Å². The Bertz CT molecular complexity index is 527. The monoisotopic (exact) mass is 318 g/mol. The fourth-order valence-corrected chi connectivity index (χ4v) is 2.41. The molecular formula is C19H30N2O2. The van der Waals surface area contributed by atoms with E-state index in [4.69, 9.17) is 4.74 Å². The lowest BCUT2D eigenvalue weighted by atomic mass is 10.0. The summed E-state index contributed by atoms with van der Waals surface area (Å²) in [4.78, 5) is 11.6. The molecule has 1 fully saturated rings. The summed E-state index contributed by atoms with van der Waals surface area (Å²) >= 11 is 0. The van der Waals surface area contributed by atoms with Gasteiger partial charge >= 0.3 is 6.09 Å². The molecule has 1 aromatic carbocycles. The van der Waals surface area contributed by atoms with Gasteiger partial charge in [0.15, 0.2) is 0 Å². The van der Waals surface area contributed by atoms with Crippen LogP contribution in [0.3, 0.4) is 0 Å². The predicted molar refractivity (Wildman–Crippen MR) is 93.2 cm³/mol. The van der Waals surface area contributed by atoms with E-state index in [1.807, 2.05) is 20.8 Å². The van der Waals surface area contributed by atoms with Crippen molar-refractivity contribution in [2.45, 2.75) is 72.2 Å². The number of ether oxygens (including phenoxy) is 1. The third-order valence-corrected chi connectivity index (χ3v) is 4.56. The highest BCUT2D eigenvalue weighted by molar-refractivity contribution is 5.67. The largest absolute Gasteiger partial charge is 0.444 e. The van der Waals surface area contributed by atoms with Crippen LogP contribution in [0, 0.1) is 5.41 Å². The molecule has 2 N–H and O–H groups in total. The Balaban J connectivity index is 1.75. The van der Waals surface area contributed by atoms with Gasteiger partial charge in [-0.1, -0.05) is 31.2 Å². The Kier molecular flexibility index (Phi) is 5.35. The van der Waals surface area contributed by atoms with Gasteiger partial charge in [-0.2, -0.15) is 0 Å². The average Bonchev–Trinajstić information content (AvgIpc) is 3.21. The first-order valence-electron chi connectivity index (χ1n) is 8.46. The molecule has 0 saturated heterocycles. The number of benzene rings is 1. The van der Waals surface area contributed by atoms with Crippen LogP contribution in [0.5, 0.6) is 0 Å². The van der Waals surface area contributed by atoms with Crippen LogP contribution in [0.2, 0.25) is 0 Å². The standard InChI is InChI=1S/C19H30N2O2/c1-14(19(5)10-11-19)20-12-15-6-8-16(9-7-15)13-21-17(22)23-18(2,3)4/h6-9,14,20H,10-13H2,1-5H3,(H,21,22). The number of hydrogen-bond donors (Lipinski definition) is 2. The smallest absolute Gasteiger partial charge is 0.407 e. The number of amides is 1. The van der Waals surface area contributed by atoms with Gasteiger partial charge < -0.3 is 15.4 Å². The van der Waals surface area contributed by atoms with Crippen molar-refractivity contribution in [3.8, 4) is 0 Å². The average molecular weight is 318 g/mol.